The van der Waals surface area contributed by atoms with Crippen molar-refractivity contribution in [1.29, 1.82) is 0 Å². The van der Waals surface area contributed by atoms with Gasteiger partial charge in [-0.25, -0.2) is 4.39 Å². The minimum absolute atomic E-state index is 0.130. The highest BCUT2D eigenvalue weighted by Crippen LogP contribution is 2.37. The number of anilines is 1. The first-order valence-electron chi connectivity index (χ1n) is 8.58. The maximum atomic E-state index is 14.5. The number of hydrogen-bond donors (Lipinski definition) is 1. The van der Waals surface area contributed by atoms with Crippen LogP contribution in [-0.2, 0) is 6.18 Å². The number of amides is 1. The number of halogens is 7. The van der Waals surface area contributed by atoms with Crippen molar-refractivity contribution in [2.24, 2.45) is 0 Å². The SMILES string of the molecule is O=C(Nc1cccnc1)c1c(F)cc(C(F)(F)F)cc1Oc1ccc(OC(F)(F)F)cc1. The first-order chi connectivity index (χ1) is 14.9. The van der Waals surface area contributed by atoms with Gasteiger partial charge in [0.05, 0.1) is 17.4 Å². The molecule has 0 aliphatic carbocycles. The van der Waals surface area contributed by atoms with Gasteiger partial charge >= 0.3 is 12.5 Å². The van der Waals surface area contributed by atoms with Crippen LogP contribution in [0, 0.1) is 5.82 Å². The molecule has 32 heavy (non-hydrogen) atoms. The summed E-state index contributed by atoms with van der Waals surface area (Å²) in [7, 11) is 0. The van der Waals surface area contributed by atoms with Crippen molar-refractivity contribution in [3.63, 3.8) is 0 Å². The zero-order valence-corrected chi connectivity index (χ0v) is 15.6. The molecule has 0 unspecified atom stereocenters. The number of carbonyl (C=O) groups is 1. The van der Waals surface area contributed by atoms with Crippen molar-refractivity contribution in [3.8, 4) is 17.2 Å². The molecule has 0 bridgehead atoms. The van der Waals surface area contributed by atoms with Crippen molar-refractivity contribution in [1.82, 2.24) is 4.98 Å². The third kappa shape index (κ3) is 5.86. The summed E-state index contributed by atoms with van der Waals surface area (Å²) in [5, 5.41) is 2.27. The van der Waals surface area contributed by atoms with E-state index in [1.807, 2.05) is 0 Å². The monoisotopic (exact) mass is 460 g/mol. The highest BCUT2D eigenvalue weighted by Gasteiger charge is 2.34. The van der Waals surface area contributed by atoms with Crippen LogP contribution in [-0.4, -0.2) is 17.3 Å². The van der Waals surface area contributed by atoms with Crippen LogP contribution in [0.25, 0.3) is 0 Å². The van der Waals surface area contributed by atoms with Gasteiger partial charge in [0.2, 0.25) is 0 Å². The van der Waals surface area contributed by atoms with Crippen LogP contribution in [0.15, 0.2) is 60.9 Å². The number of pyridine rings is 1. The molecular formula is C20H11F7N2O3. The molecule has 0 aliphatic rings. The molecule has 1 amide bonds. The molecule has 0 spiro atoms. The number of ether oxygens (including phenoxy) is 2. The molecule has 3 aromatic rings. The summed E-state index contributed by atoms with van der Waals surface area (Å²) in [5.74, 6) is -4.34. The molecule has 0 fully saturated rings. The van der Waals surface area contributed by atoms with E-state index < -0.39 is 46.9 Å². The second kappa shape index (κ2) is 8.73. The van der Waals surface area contributed by atoms with E-state index in [9.17, 15) is 35.5 Å². The molecule has 1 heterocycles. The number of alkyl halides is 6. The summed E-state index contributed by atoms with van der Waals surface area (Å²) in [6.45, 7) is 0. The summed E-state index contributed by atoms with van der Waals surface area (Å²) < 4.78 is 99.6. The topological polar surface area (TPSA) is 60.5 Å². The van der Waals surface area contributed by atoms with E-state index in [4.69, 9.17) is 4.74 Å². The molecule has 0 saturated heterocycles. The maximum absolute atomic E-state index is 14.5. The van der Waals surface area contributed by atoms with E-state index in [-0.39, 0.29) is 17.5 Å². The summed E-state index contributed by atoms with van der Waals surface area (Å²) in [6, 6.07) is 6.97. The van der Waals surface area contributed by atoms with E-state index >= 15 is 0 Å². The summed E-state index contributed by atoms with van der Waals surface area (Å²) in [5.41, 5.74) is -2.14. The second-order valence-electron chi connectivity index (χ2n) is 6.15. The number of rotatable bonds is 5. The Bertz CT molecular complexity index is 1100. The molecular weight excluding hydrogens is 449 g/mol. The molecule has 0 aliphatic heterocycles. The van der Waals surface area contributed by atoms with E-state index in [0.29, 0.717) is 6.07 Å². The van der Waals surface area contributed by atoms with Gasteiger partial charge in [-0.3, -0.25) is 9.78 Å². The third-order valence-electron chi connectivity index (χ3n) is 3.81. The Kier molecular flexibility index (Phi) is 6.23. The Balaban J connectivity index is 1.96. The number of nitrogens with zero attached hydrogens (tertiary/aromatic N) is 1. The lowest BCUT2D eigenvalue weighted by atomic mass is 10.1. The Labute approximate surface area is 175 Å². The number of carbonyl (C=O) groups excluding carboxylic acids is 1. The molecule has 0 atom stereocenters. The van der Waals surface area contributed by atoms with Crippen molar-refractivity contribution in [3.05, 3.63) is 77.9 Å². The van der Waals surface area contributed by atoms with E-state index in [1.54, 1.807) is 0 Å². The van der Waals surface area contributed by atoms with Gasteiger partial charge in [-0.2, -0.15) is 13.2 Å². The summed E-state index contributed by atoms with van der Waals surface area (Å²) >= 11 is 0. The average Bonchev–Trinajstić information content (AvgIpc) is 2.68. The Morgan fingerprint density at radius 3 is 2.16 bits per heavy atom. The Morgan fingerprint density at radius 1 is 0.938 bits per heavy atom. The van der Waals surface area contributed by atoms with Crippen molar-refractivity contribution in [2.75, 3.05) is 5.32 Å². The summed E-state index contributed by atoms with van der Waals surface area (Å²) in [4.78, 5) is 16.3. The molecule has 168 valence electrons. The maximum Gasteiger partial charge on any atom is 0.573 e. The fraction of sp³-hybridized carbons (Fsp3) is 0.100. The van der Waals surface area contributed by atoms with Crippen LogP contribution in [0.3, 0.4) is 0 Å². The molecule has 2 aromatic carbocycles. The standard InChI is InChI=1S/C20H11F7N2O3/c21-15-8-11(19(22,23)24)9-16(17(15)18(30)29-12-2-1-7-28-10-12)31-13-3-5-14(6-4-13)32-20(25,26)27/h1-10H,(H,29,30). The first kappa shape index (κ1) is 22.8. The number of aromatic nitrogens is 1. The zero-order valence-electron chi connectivity index (χ0n) is 15.6. The van der Waals surface area contributed by atoms with Gasteiger partial charge in [0.25, 0.3) is 5.91 Å². The quantitative estimate of drug-likeness (QED) is 0.462. The number of benzene rings is 2. The van der Waals surface area contributed by atoms with Crippen LogP contribution >= 0.6 is 0 Å². The largest absolute Gasteiger partial charge is 0.573 e. The fourth-order valence-corrected chi connectivity index (χ4v) is 2.51. The van der Waals surface area contributed by atoms with Crippen LogP contribution in [0.1, 0.15) is 15.9 Å². The Morgan fingerprint density at radius 2 is 1.59 bits per heavy atom. The van der Waals surface area contributed by atoms with Crippen LogP contribution < -0.4 is 14.8 Å². The van der Waals surface area contributed by atoms with Crippen molar-refractivity contribution in [2.45, 2.75) is 12.5 Å². The highest BCUT2D eigenvalue weighted by atomic mass is 19.4. The number of nitrogens with one attached hydrogen (secondary N) is 1. The van der Waals surface area contributed by atoms with Gasteiger partial charge in [-0.1, -0.05) is 0 Å². The minimum atomic E-state index is -4.96. The van der Waals surface area contributed by atoms with E-state index in [0.717, 1.165) is 24.3 Å². The molecule has 0 radical (unpaired) electrons. The number of hydrogen-bond acceptors (Lipinski definition) is 4. The second-order valence-corrected chi connectivity index (χ2v) is 6.15. The van der Waals surface area contributed by atoms with Gasteiger partial charge in [0, 0.05) is 6.20 Å². The van der Waals surface area contributed by atoms with Crippen LogP contribution in [0.2, 0.25) is 0 Å². The minimum Gasteiger partial charge on any atom is -0.456 e. The smallest absolute Gasteiger partial charge is 0.456 e. The molecule has 1 aromatic heterocycles. The van der Waals surface area contributed by atoms with E-state index in [1.165, 1.54) is 24.5 Å². The lowest BCUT2D eigenvalue weighted by molar-refractivity contribution is -0.274. The van der Waals surface area contributed by atoms with Crippen molar-refractivity contribution >= 4 is 11.6 Å². The fourth-order valence-electron chi connectivity index (χ4n) is 2.51. The normalized spacial score (nSPS) is 11.7. The highest BCUT2D eigenvalue weighted by molar-refractivity contribution is 6.06. The van der Waals surface area contributed by atoms with E-state index in [2.05, 4.69) is 15.0 Å². The van der Waals surface area contributed by atoms with Gasteiger partial charge in [0.15, 0.2) is 0 Å². The average molecular weight is 460 g/mol. The first-order valence-corrected chi connectivity index (χ1v) is 8.58. The molecule has 1 N–H and O–H groups in total. The van der Waals surface area contributed by atoms with Crippen molar-refractivity contribution < 1.29 is 45.0 Å². The molecule has 12 heteroatoms. The Hall–Kier alpha value is -3.83. The molecule has 3 rings (SSSR count). The van der Waals surface area contributed by atoms with Crippen LogP contribution in [0.4, 0.5) is 36.4 Å². The van der Waals surface area contributed by atoms with Gasteiger partial charge in [0.1, 0.15) is 28.6 Å². The van der Waals surface area contributed by atoms with Gasteiger partial charge in [-0.15, -0.1) is 13.2 Å². The summed E-state index contributed by atoms with van der Waals surface area (Å²) in [6.07, 6.45) is -7.29. The predicted octanol–water partition coefficient (Wildman–Crippen LogP) is 6.18. The molecule has 0 saturated carbocycles. The zero-order chi connectivity index (χ0) is 23.5. The predicted molar refractivity (Wildman–Crippen MR) is 96.8 cm³/mol. The third-order valence-corrected chi connectivity index (χ3v) is 3.81. The van der Waals surface area contributed by atoms with Crippen LogP contribution in [0.5, 0.6) is 17.2 Å². The van der Waals surface area contributed by atoms with Gasteiger partial charge < -0.3 is 14.8 Å². The molecule has 5 nitrogen and oxygen atoms in total. The van der Waals surface area contributed by atoms with Gasteiger partial charge in [-0.05, 0) is 48.5 Å². The lowest BCUT2D eigenvalue weighted by Gasteiger charge is -2.16. The lowest BCUT2D eigenvalue weighted by Crippen LogP contribution is -2.17.